The lowest BCUT2D eigenvalue weighted by atomic mass is 10.8. The maximum Gasteiger partial charge on any atom is 0 e. The van der Waals surface area contributed by atoms with E-state index in [9.17, 15) is 0 Å². The van der Waals surface area contributed by atoms with E-state index in [0.29, 0.717) is 0 Å². The highest BCUT2D eigenvalue weighted by Gasteiger charge is 0.932. The van der Waals surface area contributed by atoms with Gasteiger partial charge < -0.3 is 0 Å². The van der Waals surface area contributed by atoms with E-state index >= 15 is 0 Å². The third-order valence-corrected chi connectivity index (χ3v) is 0. The Kier molecular flexibility index (Phi) is 134000. The van der Waals surface area contributed by atoms with E-state index in [1.807, 2.05) is 13.8 Å². The van der Waals surface area contributed by atoms with Crippen LogP contribution in [0.3, 0.4) is 0 Å². The van der Waals surface area contributed by atoms with Gasteiger partial charge >= 0.3 is 0 Å². The van der Waals surface area contributed by atoms with Gasteiger partial charge in [0.2, 0.25) is 0 Å². The molecule has 0 spiro atoms. The summed E-state index contributed by atoms with van der Waals surface area (Å²) in [5.74, 6) is 0. The van der Waals surface area contributed by atoms with E-state index in [4.69, 9.17) is 0 Å². The smallest absolute Gasteiger partial charge is 0 e. The highest BCUT2D eigenvalue weighted by Crippen LogP contribution is 1.14. The SMILES string of the molecule is C.C.CC.[B]. The average Bonchev–Trinajstić information content (AvgIpc) is 1.00. The summed E-state index contributed by atoms with van der Waals surface area (Å²) < 4.78 is 0. The highest BCUT2D eigenvalue weighted by molar-refractivity contribution is 5.75. The Morgan fingerprint density at radius 3 is 0.800 bits per heavy atom. The van der Waals surface area contributed by atoms with Gasteiger partial charge in [0.1, 0.15) is 0 Å². The Morgan fingerprint density at radius 1 is 0.800 bits per heavy atom. The fourth-order valence-electron chi connectivity index (χ4n) is 0. The number of rotatable bonds is 0. The van der Waals surface area contributed by atoms with Crippen LogP contribution in [-0.2, 0) is 0 Å². The molecule has 1 heteroatoms. The summed E-state index contributed by atoms with van der Waals surface area (Å²) in [5, 5.41) is 0. The van der Waals surface area contributed by atoms with Crippen molar-refractivity contribution in [3.63, 3.8) is 0 Å². The van der Waals surface area contributed by atoms with Crippen LogP contribution in [0.2, 0.25) is 0 Å². The molecule has 0 nitrogen and oxygen atoms in total. The van der Waals surface area contributed by atoms with E-state index in [1.165, 1.54) is 0 Å². The van der Waals surface area contributed by atoms with Crippen LogP contribution in [0.5, 0.6) is 0 Å². The third kappa shape index (κ3) is 4110. The fourth-order valence-corrected chi connectivity index (χ4v) is 0. The van der Waals surface area contributed by atoms with E-state index < -0.39 is 0 Å². The molecule has 0 aliphatic heterocycles. The molecular formula is C4H14B. The molecule has 0 aliphatic carbocycles. The summed E-state index contributed by atoms with van der Waals surface area (Å²) in [6.45, 7) is 4.00. The van der Waals surface area contributed by atoms with Crippen molar-refractivity contribution in [2.45, 2.75) is 28.7 Å². The zero-order valence-electron chi connectivity index (χ0n) is 2.58. The van der Waals surface area contributed by atoms with E-state index in [2.05, 4.69) is 0 Å². The first-order chi connectivity index (χ1) is 1.00. The Balaban J connectivity index is -0.00000000167. The van der Waals surface area contributed by atoms with Gasteiger partial charge in [-0.05, 0) is 0 Å². The third-order valence-electron chi connectivity index (χ3n) is 0. The Morgan fingerprint density at radius 2 is 0.800 bits per heavy atom. The topological polar surface area (TPSA) is 0 Å². The van der Waals surface area contributed by atoms with Gasteiger partial charge in [-0.15, -0.1) is 0 Å². The molecule has 0 bridgehead atoms. The number of hydrogen-bond acceptors (Lipinski definition) is 0. The summed E-state index contributed by atoms with van der Waals surface area (Å²) in [5.41, 5.74) is 0. The van der Waals surface area contributed by atoms with Crippen molar-refractivity contribution in [1.82, 2.24) is 0 Å². The zero-order chi connectivity index (χ0) is 2.00. The Hall–Kier alpha value is 0.0649. The molecule has 0 saturated heterocycles. The molecule has 0 aromatic heterocycles. The molecule has 5 heavy (non-hydrogen) atoms. The average molecular weight is 73.0 g/mol. The first-order valence-corrected chi connectivity index (χ1v) is 1.00. The first-order valence-electron chi connectivity index (χ1n) is 1.00. The minimum Gasteiger partial charge on any atom is -0.0776 e. The molecule has 0 atom stereocenters. The van der Waals surface area contributed by atoms with Gasteiger partial charge in [0.05, 0.1) is 0 Å². The second-order valence-corrected chi connectivity index (χ2v) is 0. The minimum absolute atomic E-state index is 0. The standard InChI is InChI=1S/C2H6.2CH4.B/c1-2;;;/h1-2H3;2*1H4;. The predicted molar refractivity (Wildman–Crippen MR) is 30.6 cm³/mol. The van der Waals surface area contributed by atoms with Gasteiger partial charge in [-0.1, -0.05) is 28.7 Å². The Bertz CT molecular complexity index is 3.61. The molecule has 0 aliphatic rings. The maximum atomic E-state index is 2.00. The van der Waals surface area contributed by atoms with Crippen molar-refractivity contribution in [2.24, 2.45) is 0 Å². The van der Waals surface area contributed by atoms with Gasteiger partial charge in [-0.25, -0.2) is 0 Å². The monoisotopic (exact) mass is 73.1 g/mol. The van der Waals surface area contributed by atoms with Gasteiger partial charge in [0.25, 0.3) is 0 Å². The molecule has 0 aromatic rings. The number of hydrogen-bond donors (Lipinski definition) is 0. The van der Waals surface area contributed by atoms with E-state index in [-0.39, 0.29) is 23.3 Å². The first kappa shape index (κ1) is 73.8. The van der Waals surface area contributed by atoms with Crippen LogP contribution in [-0.4, -0.2) is 8.41 Å². The lowest BCUT2D eigenvalue weighted by Crippen LogP contribution is -0.856. The molecule has 0 heterocycles. The summed E-state index contributed by atoms with van der Waals surface area (Å²) >= 11 is 0. The minimum atomic E-state index is 0. The van der Waals surface area contributed by atoms with E-state index in [0.717, 1.165) is 0 Å². The second-order valence-electron chi connectivity index (χ2n) is 0. The Labute approximate surface area is 38.2 Å². The lowest BCUT2D eigenvalue weighted by molar-refractivity contribution is 1.50. The molecule has 33 valence electrons. The van der Waals surface area contributed by atoms with Crippen LogP contribution in [0, 0.1) is 0 Å². The summed E-state index contributed by atoms with van der Waals surface area (Å²) in [7, 11) is 0. The van der Waals surface area contributed by atoms with Crippen LogP contribution in [0.4, 0.5) is 0 Å². The summed E-state index contributed by atoms with van der Waals surface area (Å²) in [4.78, 5) is 0. The van der Waals surface area contributed by atoms with Crippen molar-refractivity contribution in [2.75, 3.05) is 0 Å². The summed E-state index contributed by atoms with van der Waals surface area (Å²) in [6.07, 6.45) is 0. The zero-order valence-corrected chi connectivity index (χ0v) is 2.58. The van der Waals surface area contributed by atoms with Crippen molar-refractivity contribution in [3.05, 3.63) is 0 Å². The molecule has 0 amide bonds. The van der Waals surface area contributed by atoms with Crippen molar-refractivity contribution in [1.29, 1.82) is 0 Å². The molecular weight excluding hydrogens is 58.9 g/mol. The molecule has 0 aromatic carbocycles. The van der Waals surface area contributed by atoms with Gasteiger partial charge in [0, 0.05) is 8.41 Å². The molecule has 0 fully saturated rings. The normalized spacial score (nSPS) is 1.20. The van der Waals surface area contributed by atoms with Crippen LogP contribution in [0.1, 0.15) is 28.7 Å². The molecule has 0 saturated carbocycles. The van der Waals surface area contributed by atoms with Crippen molar-refractivity contribution in [3.8, 4) is 0 Å². The largest absolute Gasteiger partial charge is 0.0776 e. The molecule has 0 N–H and O–H groups in total. The van der Waals surface area contributed by atoms with Crippen LogP contribution in [0.15, 0.2) is 0 Å². The lowest BCUT2D eigenvalue weighted by Gasteiger charge is -1.07. The van der Waals surface area contributed by atoms with Crippen LogP contribution in [0.25, 0.3) is 0 Å². The quantitative estimate of drug-likeness (QED) is 0.384. The molecule has 0 rings (SSSR count). The molecule has 0 unspecified atom stereocenters. The van der Waals surface area contributed by atoms with Crippen molar-refractivity contribution >= 4 is 8.41 Å². The maximum absolute atomic E-state index is 2.00. The van der Waals surface area contributed by atoms with Crippen molar-refractivity contribution < 1.29 is 0 Å². The van der Waals surface area contributed by atoms with Gasteiger partial charge in [-0.3, -0.25) is 0 Å². The molecule has 3 radical (unpaired) electrons. The predicted octanol–water partition coefficient (Wildman–Crippen LogP) is 1.92. The summed E-state index contributed by atoms with van der Waals surface area (Å²) in [6, 6.07) is 0. The van der Waals surface area contributed by atoms with Crippen LogP contribution >= 0.6 is 0 Å². The van der Waals surface area contributed by atoms with E-state index in [1.54, 1.807) is 0 Å². The van der Waals surface area contributed by atoms with Crippen LogP contribution < -0.4 is 0 Å². The fraction of sp³-hybridized carbons (Fsp3) is 1.00. The second kappa shape index (κ2) is 9060. The van der Waals surface area contributed by atoms with Gasteiger partial charge in [-0.2, -0.15) is 0 Å². The van der Waals surface area contributed by atoms with Gasteiger partial charge in [0.15, 0.2) is 0 Å². The highest BCUT2D eigenvalue weighted by atomic mass is 13.0.